The summed E-state index contributed by atoms with van der Waals surface area (Å²) in [5, 5.41) is 0. The lowest BCUT2D eigenvalue weighted by Crippen LogP contribution is -2.26. The number of ether oxygens (including phenoxy) is 1. The summed E-state index contributed by atoms with van der Waals surface area (Å²) in [6.45, 7) is 2.71. The standard InChI is InChI=1S/C17H19N3O3S/c1-2-23-15-6-8-16(9-7-15)24(21,22)19-11-10-17-18-13-14-5-3-4-12-20(14)17/h3-9,12-13,19H,2,10-11H2,1H3. The van der Waals surface area contributed by atoms with Gasteiger partial charge < -0.3 is 9.14 Å². The van der Waals surface area contributed by atoms with Gasteiger partial charge in [-0.1, -0.05) is 6.07 Å². The smallest absolute Gasteiger partial charge is 0.240 e. The maximum atomic E-state index is 12.3. The third-order valence-corrected chi connectivity index (χ3v) is 5.08. The summed E-state index contributed by atoms with van der Waals surface area (Å²) in [6, 6.07) is 12.2. The van der Waals surface area contributed by atoms with E-state index >= 15 is 0 Å². The molecular weight excluding hydrogens is 326 g/mol. The molecule has 3 rings (SSSR count). The van der Waals surface area contributed by atoms with Gasteiger partial charge in [0, 0.05) is 19.2 Å². The van der Waals surface area contributed by atoms with Crippen molar-refractivity contribution in [2.45, 2.75) is 18.2 Å². The van der Waals surface area contributed by atoms with Crippen LogP contribution in [-0.4, -0.2) is 31.0 Å². The maximum Gasteiger partial charge on any atom is 0.240 e. The first-order valence-corrected chi connectivity index (χ1v) is 9.22. The van der Waals surface area contributed by atoms with E-state index in [2.05, 4.69) is 9.71 Å². The highest BCUT2D eigenvalue weighted by Gasteiger charge is 2.14. The van der Waals surface area contributed by atoms with Crippen LogP contribution in [0.4, 0.5) is 0 Å². The largest absolute Gasteiger partial charge is 0.494 e. The van der Waals surface area contributed by atoms with E-state index < -0.39 is 10.0 Å². The van der Waals surface area contributed by atoms with Crippen LogP contribution in [0.3, 0.4) is 0 Å². The molecule has 6 nitrogen and oxygen atoms in total. The van der Waals surface area contributed by atoms with Crippen LogP contribution in [-0.2, 0) is 16.4 Å². The summed E-state index contributed by atoms with van der Waals surface area (Å²) in [5.41, 5.74) is 0.988. The van der Waals surface area contributed by atoms with Crippen molar-refractivity contribution >= 4 is 15.5 Å². The van der Waals surface area contributed by atoms with Gasteiger partial charge in [0.25, 0.3) is 0 Å². The molecule has 0 saturated carbocycles. The van der Waals surface area contributed by atoms with Gasteiger partial charge in [0.15, 0.2) is 0 Å². The van der Waals surface area contributed by atoms with Crippen molar-refractivity contribution < 1.29 is 13.2 Å². The summed E-state index contributed by atoms with van der Waals surface area (Å²) in [6.07, 6.45) is 4.20. The van der Waals surface area contributed by atoms with Gasteiger partial charge in [0.05, 0.1) is 23.2 Å². The van der Waals surface area contributed by atoms with Gasteiger partial charge in [-0.25, -0.2) is 18.1 Å². The molecule has 0 bridgehead atoms. The van der Waals surface area contributed by atoms with Gasteiger partial charge in [-0.2, -0.15) is 0 Å². The van der Waals surface area contributed by atoms with Crippen molar-refractivity contribution in [1.82, 2.24) is 14.1 Å². The molecule has 7 heteroatoms. The fraction of sp³-hybridized carbons (Fsp3) is 0.235. The first-order chi connectivity index (χ1) is 11.6. The minimum absolute atomic E-state index is 0.221. The molecule has 0 unspecified atom stereocenters. The zero-order valence-corrected chi connectivity index (χ0v) is 14.2. The Morgan fingerprint density at radius 2 is 1.96 bits per heavy atom. The summed E-state index contributed by atoms with van der Waals surface area (Å²) in [4.78, 5) is 4.55. The van der Waals surface area contributed by atoms with Crippen LogP contribution in [0, 0.1) is 0 Å². The molecule has 0 atom stereocenters. The van der Waals surface area contributed by atoms with E-state index in [1.165, 1.54) is 12.1 Å². The number of benzene rings is 1. The van der Waals surface area contributed by atoms with E-state index in [0.29, 0.717) is 18.8 Å². The van der Waals surface area contributed by atoms with E-state index in [0.717, 1.165) is 11.3 Å². The van der Waals surface area contributed by atoms with Crippen LogP contribution < -0.4 is 9.46 Å². The Kier molecular flexibility index (Phi) is 4.82. The number of pyridine rings is 1. The number of imidazole rings is 1. The molecule has 1 aromatic carbocycles. The molecule has 0 radical (unpaired) electrons. The lowest BCUT2D eigenvalue weighted by Gasteiger charge is -2.08. The van der Waals surface area contributed by atoms with Crippen molar-refractivity contribution in [2.24, 2.45) is 0 Å². The highest BCUT2D eigenvalue weighted by molar-refractivity contribution is 7.89. The SMILES string of the molecule is CCOc1ccc(S(=O)(=O)NCCc2ncc3ccccn23)cc1. The predicted octanol–water partition coefficient (Wildman–Crippen LogP) is 2.25. The minimum atomic E-state index is -3.54. The van der Waals surface area contributed by atoms with Gasteiger partial charge in [-0.05, 0) is 43.3 Å². The molecule has 0 amide bonds. The van der Waals surface area contributed by atoms with Gasteiger partial charge in [-0.3, -0.25) is 0 Å². The quantitative estimate of drug-likeness (QED) is 0.713. The number of hydrogen-bond acceptors (Lipinski definition) is 4. The van der Waals surface area contributed by atoms with Crippen LogP contribution >= 0.6 is 0 Å². The second kappa shape index (κ2) is 7.02. The Labute approximate surface area is 141 Å². The second-order valence-electron chi connectivity index (χ2n) is 5.22. The molecule has 2 aromatic heterocycles. The van der Waals surface area contributed by atoms with Crippen LogP contribution in [0.5, 0.6) is 5.75 Å². The van der Waals surface area contributed by atoms with Crippen molar-refractivity contribution in [3.63, 3.8) is 0 Å². The molecule has 0 saturated heterocycles. The average Bonchev–Trinajstić information content (AvgIpc) is 2.99. The molecule has 0 aliphatic rings. The summed E-state index contributed by atoms with van der Waals surface area (Å²) in [7, 11) is -3.54. The van der Waals surface area contributed by atoms with Gasteiger partial charge in [-0.15, -0.1) is 0 Å². The highest BCUT2D eigenvalue weighted by atomic mass is 32.2. The zero-order valence-electron chi connectivity index (χ0n) is 13.3. The Morgan fingerprint density at radius 3 is 2.71 bits per heavy atom. The van der Waals surface area contributed by atoms with E-state index in [1.54, 1.807) is 18.3 Å². The Hall–Kier alpha value is -2.38. The zero-order chi connectivity index (χ0) is 17.0. The van der Waals surface area contributed by atoms with Crippen molar-refractivity contribution in [2.75, 3.05) is 13.2 Å². The van der Waals surface area contributed by atoms with Crippen LogP contribution in [0.2, 0.25) is 0 Å². The lowest BCUT2D eigenvalue weighted by atomic mass is 10.3. The van der Waals surface area contributed by atoms with Crippen molar-refractivity contribution in [1.29, 1.82) is 0 Å². The predicted molar refractivity (Wildman–Crippen MR) is 91.7 cm³/mol. The van der Waals surface area contributed by atoms with Gasteiger partial charge >= 0.3 is 0 Å². The van der Waals surface area contributed by atoms with Crippen molar-refractivity contribution in [3.8, 4) is 5.75 Å². The summed E-state index contributed by atoms with van der Waals surface area (Å²) >= 11 is 0. The number of nitrogens with zero attached hydrogens (tertiary/aromatic N) is 2. The Morgan fingerprint density at radius 1 is 1.17 bits per heavy atom. The summed E-state index contributed by atoms with van der Waals surface area (Å²) < 4.78 is 34.5. The third-order valence-electron chi connectivity index (χ3n) is 3.60. The Balaban J connectivity index is 1.64. The van der Waals surface area contributed by atoms with Crippen LogP contribution in [0.25, 0.3) is 5.52 Å². The van der Waals surface area contributed by atoms with E-state index in [9.17, 15) is 8.42 Å². The molecule has 2 heterocycles. The van der Waals surface area contributed by atoms with Crippen LogP contribution in [0.1, 0.15) is 12.7 Å². The number of sulfonamides is 1. The number of rotatable bonds is 7. The molecule has 126 valence electrons. The molecule has 24 heavy (non-hydrogen) atoms. The normalized spacial score (nSPS) is 11.7. The summed E-state index contributed by atoms with van der Waals surface area (Å²) in [5.74, 6) is 1.47. The Bertz CT molecular complexity index is 918. The monoisotopic (exact) mass is 345 g/mol. The number of aromatic nitrogens is 2. The fourth-order valence-electron chi connectivity index (χ4n) is 2.45. The van der Waals surface area contributed by atoms with E-state index in [1.807, 2.05) is 35.7 Å². The fourth-order valence-corrected chi connectivity index (χ4v) is 3.48. The maximum absolute atomic E-state index is 12.3. The van der Waals surface area contributed by atoms with Gasteiger partial charge in [0.1, 0.15) is 11.6 Å². The molecule has 3 aromatic rings. The molecule has 0 aliphatic carbocycles. The third kappa shape index (κ3) is 3.58. The van der Waals surface area contributed by atoms with E-state index in [4.69, 9.17) is 4.74 Å². The second-order valence-corrected chi connectivity index (χ2v) is 6.99. The first-order valence-electron chi connectivity index (χ1n) is 7.73. The van der Waals surface area contributed by atoms with E-state index in [-0.39, 0.29) is 11.4 Å². The molecule has 0 spiro atoms. The van der Waals surface area contributed by atoms with Crippen LogP contribution in [0.15, 0.2) is 59.8 Å². The van der Waals surface area contributed by atoms with Gasteiger partial charge in [0.2, 0.25) is 10.0 Å². The molecule has 0 fully saturated rings. The average molecular weight is 345 g/mol. The number of hydrogen-bond donors (Lipinski definition) is 1. The molecule has 1 N–H and O–H groups in total. The highest BCUT2D eigenvalue weighted by Crippen LogP contribution is 2.16. The minimum Gasteiger partial charge on any atom is -0.494 e. The lowest BCUT2D eigenvalue weighted by molar-refractivity contribution is 0.340. The first kappa shape index (κ1) is 16.5. The van der Waals surface area contributed by atoms with Crippen molar-refractivity contribution in [3.05, 3.63) is 60.7 Å². The topological polar surface area (TPSA) is 72.7 Å². The number of fused-ring (bicyclic) bond motifs is 1. The number of nitrogens with one attached hydrogen (secondary N) is 1. The molecular formula is C17H19N3O3S. The molecule has 0 aliphatic heterocycles.